The molecule has 0 heterocycles. The van der Waals surface area contributed by atoms with E-state index in [4.69, 9.17) is 14.2 Å². The van der Waals surface area contributed by atoms with Gasteiger partial charge in [0.2, 0.25) is 0 Å². The molecule has 6 heteroatoms. The number of rotatable bonds is 55. The van der Waals surface area contributed by atoms with Crippen LogP contribution in [0.25, 0.3) is 0 Å². The normalized spacial score (nSPS) is 13.1. The Balaban J connectivity index is 4.46. The molecule has 0 bridgehead atoms. The van der Waals surface area contributed by atoms with Crippen molar-refractivity contribution in [3.63, 3.8) is 0 Å². The average Bonchev–Trinajstić information content (AvgIpc) is 3.43. The summed E-state index contributed by atoms with van der Waals surface area (Å²) in [6.45, 7) is 6.39. The Labute approximate surface area is 474 Å². The summed E-state index contributed by atoms with van der Waals surface area (Å²) in [4.78, 5) is 38.2. The SMILES string of the molecule is CC/C=C\C/C=C\C/C=C\C/C=C\C/C=C\C/C=C\C/C=C\C/C=C\C/C=C\CCCC(=O)OCC(COC(=O)CCCCCCC/C=C\C/C=C\CCC)OC(=O)CCCCCCCCC/C=C\CCCCCCCC. The summed E-state index contributed by atoms with van der Waals surface area (Å²) in [7, 11) is 0. The lowest BCUT2D eigenvalue weighted by molar-refractivity contribution is -0.167. The van der Waals surface area contributed by atoms with E-state index >= 15 is 0 Å². The van der Waals surface area contributed by atoms with Crippen LogP contribution in [0.15, 0.2) is 146 Å². The van der Waals surface area contributed by atoms with Crippen molar-refractivity contribution in [2.45, 2.75) is 271 Å². The van der Waals surface area contributed by atoms with Crippen molar-refractivity contribution in [3.05, 3.63) is 146 Å². The molecule has 434 valence electrons. The highest BCUT2D eigenvalue weighted by Gasteiger charge is 2.19. The zero-order valence-electron chi connectivity index (χ0n) is 49.7. The molecule has 0 aliphatic heterocycles. The molecular formula is C71H114O6. The first kappa shape index (κ1) is 72.3. The maximum absolute atomic E-state index is 12.9. The van der Waals surface area contributed by atoms with Crippen LogP contribution in [0.2, 0.25) is 0 Å². The molecule has 0 spiro atoms. The predicted octanol–water partition coefficient (Wildman–Crippen LogP) is 21.5. The summed E-state index contributed by atoms with van der Waals surface area (Å²) in [6, 6.07) is 0. The summed E-state index contributed by atoms with van der Waals surface area (Å²) in [5.74, 6) is -0.991. The van der Waals surface area contributed by atoms with Crippen LogP contribution in [-0.2, 0) is 28.6 Å². The number of carbonyl (C=O) groups is 3. The molecule has 0 aromatic carbocycles. The van der Waals surface area contributed by atoms with Gasteiger partial charge in [0.15, 0.2) is 6.10 Å². The quantitative estimate of drug-likeness (QED) is 0.0261. The molecule has 0 saturated carbocycles. The summed E-state index contributed by atoms with van der Waals surface area (Å²) in [5, 5.41) is 0. The fraction of sp³-hybridized carbons (Fsp3) is 0.620. The van der Waals surface area contributed by atoms with Crippen LogP contribution in [0, 0.1) is 0 Å². The Morgan fingerprint density at radius 1 is 0.273 bits per heavy atom. The van der Waals surface area contributed by atoms with E-state index in [1.165, 1.54) is 83.5 Å². The lowest BCUT2D eigenvalue weighted by atomic mass is 10.1. The van der Waals surface area contributed by atoms with E-state index in [9.17, 15) is 14.4 Å². The lowest BCUT2D eigenvalue weighted by Crippen LogP contribution is -2.30. The van der Waals surface area contributed by atoms with E-state index in [0.717, 1.165) is 135 Å². The Kier molecular flexibility index (Phi) is 59.9. The molecule has 1 unspecified atom stereocenters. The number of ether oxygens (including phenoxy) is 3. The smallest absolute Gasteiger partial charge is 0.306 e. The van der Waals surface area contributed by atoms with Gasteiger partial charge in [-0.2, -0.15) is 0 Å². The minimum Gasteiger partial charge on any atom is -0.462 e. The molecule has 6 nitrogen and oxygen atoms in total. The molecule has 0 fully saturated rings. The zero-order valence-corrected chi connectivity index (χ0v) is 49.7. The van der Waals surface area contributed by atoms with E-state index in [1.54, 1.807) is 0 Å². The molecule has 0 aliphatic rings. The van der Waals surface area contributed by atoms with Gasteiger partial charge in [-0.25, -0.2) is 0 Å². The van der Waals surface area contributed by atoms with Crippen LogP contribution in [0.5, 0.6) is 0 Å². The number of hydrogen-bond acceptors (Lipinski definition) is 6. The third-order valence-electron chi connectivity index (χ3n) is 12.8. The van der Waals surface area contributed by atoms with E-state index in [1.807, 2.05) is 0 Å². The third-order valence-corrected chi connectivity index (χ3v) is 12.8. The van der Waals surface area contributed by atoms with Crippen LogP contribution in [0.4, 0.5) is 0 Å². The lowest BCUT2D eigenvalue weighted by Gasteiger charge is -2.18. The molecule has 1 atom stereocenters. The van der Waals surface area contributed by atoms with E-state index < -0.39 is 6.10 Å². The highest BCUT2D eigenvalue weighted by Crippen LogP contribution is 2.14. The van der Waals surface area contributed by atoms with Gasteiger partial charge in [-0.05, 0) is 135 Å². The van der Waals surface area contributed by atoms with Gasteiger partial charge >= 0.3 is 17.9 Å². The van der Waals surface area contributed by atoms with Crippen molar-refractivity contribution in [2.75, 3.05) is 13.2 Å². The average molecular weight is 1060 g/mol. The molecule has 0 saturated heterocycles. The first-order valence-electron chi connectivity index (χ1n) is 31.3. The molecule has 0 aliphatic carbocycles. The standard InChI is InChI=1S/C71H114O6/c1-4-7-10-13-16-19-22-25-27-29-30-31-32-33-34-35-36-37-38-39-40-42-43-46-49-52-55-58-61-64-70(73)76-67-68(66-75-69(72)63-60-57-54-51-48-45-24-21-18-15-12-9-6-3)77-71(74)65-62-59-56-53-50-47-44-41-28-26-23-20-17-14-11-8-5-2/h7,10,12,15-16,19,21,24-28,30-31,33-34,36-37,39-40,43,46,52,55,68H,4-6,8-9,11,13-14,17-18,20,22-23,29,32,35,38,41-42,44-45,47-51,53-54,56-67H2,1-3H3/b10-7-,15-12-,19-16-,24-21-,27-25-,28-26-,31-30-,34-33-,37-36-,40-39-,46-43-,55-52-. The Morgan fingerprint density at radius 2 is 0.545 bits per heavy atom. The molecule has 0 amide bonds. The van der Waals surface area contributed by atoms with Gasteiger partial charge in [-0.1, -0.05) is 256 Å². The molecule has 0 aromatic rings. The Bertz CT molecular complexity index is 1700. The van der Waals surface area contributed by atoms with E-state index in [0.29, 0.717) is 19.3 Å². The van der Waals surface area contributed by atoms with E-state index in [2.05, 4.69) is 167 Å². The van der Waals surface area contributed by atoms with Gasteiger partial charge in [0.05, 0.1) is 0 Å². The second kappa shape index (κ2) is 63.8. The maximum atomic E-state index is 12.9. The largest absolute Gasteiger partial charge is 0.462 e. The van der Waals surface area contributed by atoms with Crippen molar-refractivity contribution in [1.29, 1.82) is 0 Å². The minimum absolute atomic E-state index is 0.110. The zero-order chi connectivity index (χ0) is 55.7. The fourth-order valence-electron chi connectivity index (χ4n) is 8.12. The van der Waals surface area contributed by atoms with Crippen LogP contribution in [0.1, 0.15) is 265 Å². The highest BCUT2D eigenvalue weighted by molar-refractivity contribution is 5.71. The minimum atomic E-state index is -0.816. The number of unbranched alkanes of at least 4 members (excludes halogenated alkanes) is 20. The van der Waals surface area contributed by atoms with Gasteiger partial charge < -0.3 is 14.2 Å². The highest BCUT2D eigenvalue weighted by atomic mass is 16.6. The predicted molar refractivity (Wildman–Crippen MR) is 334 cm³/mol. The first-order valence-corrected chi connectivity index (χ1v) is 31.3. The second-order valence-electron chi connectivity index (χ2n) is 20.2. The summed E-state index contributed by atoms with van der Waals surface area (Å²) in [5.41, 5.74) is 0. The van der Waals surface area contributed by atoms with Crippen molar-refractivity contribution >= 4 is 17.9 Å². The topological polar surface area (TPSA) is 78.9 Å². The molecule has 0 aromatic heterocycles. The second-order valence-corrected chi connectivity index (χ2v) is 20.2. The van der Waals surface area contributed by atoms with Crippen LogP contribution in [0.3, 0.4) is 0 Å². The van der Waals surface area contributed by atoms with Gasteiger partial charge in [-0.15, -0.1) is 0 Å². The monoisotopic (exact) mass is 1060 g/mol. The van der Waals surface area contributed by atoms with Crippen molar-refractivity contribution < 1.29 is 28.6 Å². The summed E-state index contributed by atoms with van der Waals surface area (Å²) in [6.07, 6.45) is 91.4. The molecular weight excluding hydrogens is 949 g/mol. The fourth-order valence-corrected chi connectivity index (χ4v) is 8.12. The van der Waals surface area contributed by atoms with Crippen molar-refractivity contribution in [2.24, 2.45) is 0 Å². The Morgan fingerprint density at radius 3 is 0.909 bits per heavy atom. The van der Waals surface area contributed by atoms with Gasteiger partial charge in [0.25, 0.3) is 0 Å². The van der Waals surface area contributed by atoms with Gasteiger partial charge in [0.1, 0.15) is 13.2 Å². The summed E-state index contributed by atoms with van der Waals surface area (Å²) < 4.78 is 16.8. The molecule has 77 heavy (non-hydrogen) atoms. The first-order chi connectivity index (χ1) is 38.0. The van der Waals surface area contributed by atoms with E-state index in [-0.39, 0.29) is 37.5 Å². The van der Waals surface area contributed by atoms with Gasteiger partial charge in [0, 0.05) is 19.3 Å². The van der Waals surface area contributed by atoms with Gasteiger partial charge in [-0.3, -0.25) is 14.4 Å². The van der Waals surface area contributed by atoms with Crippen molar-refractivity contribution in [1.82, 2.24) is 0 Å². The third kappa shape index (κ3) is 62.0. The maximum Gasteiger partial charge on any atom is 0.306 e. The van der Waals surface area contributed by atoms with Crippen LogP contribution in [-0.4, -0.2) is 37.2 Å². The Hall–Kier alpha value is -4.71. The number of hydrogen-bond donors (Lipinski definition) is 0. The van der Waals surface area contributed by atoms with Crippen LogP contribution < -0.4 is 0 Å². The number of esters is 3. The number of carbonyl (C=O) groups excluding carboxylic acids is 3. The van der Waals surface area contributed by atoms with Crippen molar-refractivity contribution in [3.8, 4) is 0 Å². The summed E-state index contributed by atoms with van der Waals surface area (Å²) >= 11 is 0. The molecule has 0 radical (unpaired) electrons. The molecule has 0 N–H and O–H groups in total. The van der Waals surface area contributed by atoms with Crippen LogP contribution >= 0.6 is 0 Å². The number of allylic oxidation sites excluding steroid dienone is 24. The molecule has 0 rings (SSSR count).